The van der Waals surface area contributed by atoms with Gasteiger partial charge in [-0.25, -0.2) is 0 Å². The molecule has 1 unspecified atom stereocenters. The van der Waals surface area contributed by atoms with E-state index in [-0.39, 0.29) is 0 Å². The van der Waals surface area contributed by atoms with Crippen LogP contribution in [-0.2, 0) is 6.42 Å². The standard InChI is InChI=1S/C13H18N2S/c1-4-11-7-5-6-9(2)12(11)15-13-14-10(3)8-16-13/h5-7,10H,4,8H2,1-3H3,(H,14,15). The van der Waals surface area contributed by atoms with Crippen LogP contribution >= 0.6 is 11.8 Å². The molecule has 0 spiro atoms. The quantitative estimate of drug-likeness (QED) is 0.847. The average molecular weight is 234 g/mol. The molecular formula is C13H18N2S. The van der Waals surface area contributed by atoms with Gasteiger partial charge >= 0.3 is 0 Å². The Bertz CT molecular complexity index is 412. The van der Waals surface area contributed by atoms with Crippen molar-refractivity contribution in [2.75, 3.05) is 11.1 Å². The molecule has 1 aliphatic rings. The largest absolute Gasteiger partial charge is 0.335 e. The minimum atomic E-state index is 0.446. The Labute approximate surface area is 102 Å². The lowest BCUT2D eigenvalue weighted by molar-refractivity contribution is 0.865. The molecule has 2 rings (SSSR count). The molecule has 1 aliphatic heterocycles. The number of thioether (sulfide) groups is 1. The van der Waals surface area contributed by atoms with Crippen LogP contribution in [0.15, 0.2) is 23.2 Å². The fraction of sp³-hybridized carbons (Fsp3) is 0.462. The highest BCUT2D eigenvalue weighted by molar-refractivity contribution is 8.14. The second-order valence-electron chi connectivity index (χ2n) is 4.18. The summed E-state index contributed by atoms with van der Waals surface area (Å²) in [5, 5.41) is 4.54. The van der Waals surface area contributed by atoms with E-state index >= 15 is 0 Å². The molecule has 1 N–H and O–H groups in total. The van der Waals surface area contributed by atoms with Gasteiger partial charge in [0.25, 0.3) is 0 Å². The van der Waals surface area contributed by atoms with E-state index in [9.17, 15) is 0 Å². The van der Waals surface area contributed by atoms with Crippen molar-refractivity contribution in [1.29, 1.82) is 0 Å². The molecule has 0 bridgehead atoms. The number of para-hydroxylation sites is 1. The first-order valence-electron chi connectivity index (χ1n) is 5.76. The third-order valence-corrected chi connectivity index (χ3v) is 3.90. The predicted molar refractivity (Wildman–Crippen MR) is 73.5 cm³/mol. The Morgan fingerprint density at radius 2 is 2.31 bits per heavy atom. The van der Waals surface area contributed by atoms with E-state index in [1.54, 1.807) is 0 Å². The number of anilines is 1. The van der Waals surface area contributed by atoms with Crippen molar-refractivity contribution in [3.63, 3.8) is 0 Å². The summed E-state index contributed by atoms with van der Waals surface area (Å²) in [6.45, 7) is 6.48. The van der Waals surface area contributed by atoms with Crippen molar-refractivity contribution in [3.8, 4) is 0 Å². The molecule has 2 nitrogen and oxygen atoms in total. The van der Waals surface area contributed by atoms with Crippen molar-refractivity contribution in [2.45, 2.75) is 33.2 Å². The first kappa shape index (κ1) is 11.5. The Kier molecular flexibility index (Phi) is 3.54. The summed E-state index contributed by atoms with van der Waals surface area (Å²) < 4.78 is 0. The predicted octanol–water partition coefficient (Wildman–Crippen LogP) is 3.46. The molecule has 16 heavy (non-hydrogen) atoms. The molecule has 0 aliphatic carbocycles. The zero-order chi connectivity index (χ0) is 11.5. The molecule has 1 aromatic carbocycles. The summed E-state index contributed by atoms with van der Waals surface area (Å²) >= 11 is 1.81. The highest BCUT2D eigenvalue weighted by atomic mass is 32.2. The molecule has 1 atom stereocenters. The number of nitrogens with zero attached hydrogens (tertiary/aromatic N) is 1. The first-order valence-corrected chi connectivity index (χ1v) is 6.75. The number of benzene rings is 1. The van der Waals surface area contributed by atoms with Crippen LogP contribution in [0.4, 0.5) is 5.69 Å². The van der Waals surface area contributed by atoms with Crippen molar-refractivity contribution in [1.82, 2.24) is 0 Å². The van der Waals surface area contributed by atoms with Gasteiger partial charge in [-0.2, -0.15) is 0 Å². The summed E-state index contributed by atoms with van der Waals surface area (Å²) in [6.07, 6.45) is 1.05. The van der Waals surface area contributed by atoms with Gasteiger partial charge in [0, 0.05) is 11.4 Å². The Morgan fingerprint density at radius 1 is 1.50 bits per heavy atom. The maximum atomic E-state index is 4.57. The van der Waals surface area contributed by atoms with Gasteiger partial charge in [0.05, 0.1) is 6.04 Å². The lowest BCUT2D eigenvalue weighted by Gasteiger charge is -2.13. The fourth-order valence-corrected chi connectivity index (χ4v) is 2.75. The maximum Gasteiger partial charge on any atom is 0.161 e. The van der Waals surface area contributed by atoms with E-state index in [2.05, 4.69) is 49.3 Å². The van der Waals surface area contributed by atoms with Crippen LogP contribution in [0.3, 0.4) is 0 Å². The van der Waals surface area contributed by atoms with Gasteiger partial charge in [-0.15, -0.1) is 0 Å². The van der Waals surface area contributed by atoms with Crippen molar-refractivity contribution in [3.05, 3.63) is 29.3 Å². The molecule has 0 amide bonds. The highest BCUT2D eigenvalue weighted by Crippen LogP contribution is 2.25. The van der Waals surface area contributed by atoms with Crippen molar-refractivity contribution in [2.24, 2.45) is 4.99 Å². The highest BCUT2D eigenvalue weighted by Gasteiger charge is 2.15. The Hall–Kier alpha value is -0.960. The van der Waals surface area contributed by atoms with E-state index in [4.69, 9.17) is 0 Å². The van der Waals surface area contributed by atoms with Gasteiger partial charge in [-0.3, -0.25) is 4.99 Å². The van der Waals surface area contributed by atoms with Crippen molar-refractivity contribution < 1.29 is 0 Å². The molecule has 0 saturated heterocycles. The summed E-state index contributed by atoms with van der Waals surface area (Å²) in [7, 11) is 0. The third-order valence-electron chi connectivity index (χ3n) is 2.77. The van der Waals surface area contributed by atoms with E-state index < -0.39 is 0 Å². The van der Waals surface area contributed by atoms with Crippen LogP contribution in [0.5, 0.6) is 0 Å². The van der Waals surface area contributed by atoms with E-state index in [0.717, 1.165) is 17.3 Å². The molecule has 0 aromatic heterocycles. The zero-order valence-electron chi connectivity index (χ0n) is 10.1. The summed E-state index contributed by atoms with van der Waals surface area (Å²) in [5.41, 5.74) is 3.90. The molecule has 1 aromatic rings. The number of rotatable bonds is 2. The molecule has 3 heteroatoms. The Balaban J connectivity index is 2.23. The summed E-state index contributed by atoms with van der Waals surface area (Å²) in [6, 6.07) is 6.89. The number of hydrogen-bond donors (Lipinski definition) is 1. The van der Waals surface area contributed by atoms with Crippen LogP contribution < -0.4 is 5.32 Å². The van der Waals surface area contributed by atoms with Crippen LogP contribution in [0.1, 0.15) is 25.0 Å². The van der Waals surface area contributed by atoms with E-state index in [0.29, 0.717) is 6.04 Å². The summed E-state index contributed by atoms with van der Waals surface area (Å²) in [4.78, 5) is 4.57. The normalized spacial score (nSPS) is 19.7. The number of aryl methyl sites for hydroxylation is 2. The van der Waals surface area contributed by atoms with Crippen LogP contribution in [-0.4, -0.2) is 17.0 Å². The number of aliphatic imine (C=N–C) groups is 1. The molecule has 0 saturated carbocycles. The van der Waals surface area contributed by atoms with Gasteiger partial charge in [0.15, 0.2) is 5.17 Å². The smallest absolute Gasteiger partial charge is 0.161 e. The number of nitrogens with one attached hydrogen (secondary N) is 1. The molecule has 0 fully saturated rings. The molecule has 86 valence electrons. The number of hydrogen-bond acceptors (Lipinski definition) is 3. The van der Waals surface area contributed by atoms with Crippen LogP contribution in [0.2, 0.25) is 0 Å². The topological polar surface area (TPSA) is 24.4 Å². The third kappa shape index (κ3) is 2.40. The first-order chi connectivity index (χ1) is 7.70. The zero-order valence-corrected chi connectivity index (χ0v) is 10.9. The Morgan fingerprint density at radius 3 is 2.94 bits per heavy atom. The van der Waals surface area contributed by atoms with E-state index in [1.165, 1.54) is 16.8 Å². The van der Waals surface area contributed by atoms with Gasteiger partial charge in [-0.1, -0.05) is 36.9 Å². The maximum absolute atomic E-state index is 4.57. The molecular weight excluding hydrogens is 216 g/mol. The van der Waals surface area contributed by atoms with Gasteiger partial charge in [0.2, 0.25) is 0 Å². The van der Waals surface area contributed by atoms with Gasteiger partial charge in [-0.05, 0) is 31.4 Å². The lowest BCUT2D eigenvalue weighted by atomic mass is 10.1. The average Bonchev–Trinajstić information content (AvgIpc) is 2.67. The van der Waals surface area contributed by atoms with Crippen LogP contribution in [0.25, 0.3) is 0 Å². The molecule has 0 radical (unpaired) electrons. The summed E-state index contributed by atoms with van der Waals surface area (Å²) in [5.74, 6) is 1.09. The van der Waals surface area contributed by atoms with Gasteiger partial charge in [0.1, 0.15) is 0 Å². The minimum Gasteiger partial charge on any atom is -0.335 e. The van der Waals surface area contributed by atoms with E-state index in [1.807, 2.05) is 11.8 Å². The minimum absolute atomic E-state index is 0.446. The van der Waals surface area contributed by atoms with Crippen molar-refractivity contribution >= 4 is 22.6 Å². The monoisotopic (exact) mass is 234 g/mol. The number of amidine groups is 1. The van der Waals surface area contributed by atoms with Crippen LogP contribution in [0, 0.1) is 6.92 Å². The second kappa shape index (κ2) is 4.91. The van der Waals surface area contributed by atoms with Gasteiger partial charge < -0.3 is 5.32 Å². The lowest BCUT2D eigenvalue weighted by Crippen LogP contribution is -2.08. The fourth-order valence-electron chi connectivity index (χ4n) is 1.85. The SMILES string of the molecule is CCc1cccc(C)c1NC1=NC(C)CS1. The molecule has 1 heterocycles. The second-order valence-corrected chi connectivity index (χ2v) is 5.19.